The second-order valence-corrected chi connectivity index (χ2v) is 6.00. The van der Waals surface area contributed by atoms with Gasteiger partial charge in [0.1, 0.15) is 0 Å². The highest BCUT2D eigenvalue weighted by atomic mass is 15.2. The molecule has 110 valence electrons. The summed E-state index contributed by atoms with van der Waals surface area (Å²) in [5.41, 5.74) is 7.30. The van der Waals surface area contributed by atoms with Crippen LogP contribution in [0.3, 0.4) is 0 Å². The van der Waals surface area contributed by atoms with Crippen LogP contribution in [0.2, 0.25) is 0 Å². The molecular weight excluding hydrogens is 256 g/mol. The summed E-state index contributed by atoms with van der Waals surface area (Å²) in [6.07, 6.45) is 6.10. The summed E-state index contributed by atoms with van der Waals surface area (Å²) < 4.78 is 0. The van der Waals surface area contributed by atoms with E-state index in [1.54, 1.807) is 0 Å². The fraction of sp³-hybridized carbons (Fsp3) is 0.368. The fourth-order valence-corrected chi connectivity index (χ4v) is 3.20. The smallest absolute Gasteiger partial charge is 0.0466 e. The molecule has 0 bridgehead atoms. The molecule has 1 saturated carbocycles. The van der Waals surface area contributed by atoms with Crippen LogP contribution in [-0.2, 0) is 6.42 Å². The molecule has 2 aromatic carbocycles. The van der Waals surface area contributed by atoms with E-state index in [4.69, 9.17) is 5.84 Å². The molecule has 0 saturated heterocycles. The monoisotopic (exact) mass is 280 g/mol. The van der Waals surface area contributed by atoms with Crippen LogP contribution in [-0.4, -0.2) is 0 Å². The van der Waals surface area contributed by atoms with Crippen LogP contribution in [0.5, 0.6) is 0 Å². The number of hydrogen-bond donors (Lipinski definition) is 2. The summed E-state index contributed by atoms with van der Waals surface area (Å²) >= 11 is 0. The Labute approximate surface area is 127 Å². The highest BCUT2D eigenvalue weighted by molar-refractivity contribution is 5.34. The van der Waals surface area contributed by atoms with Gasteiger partial charge in [-0.2, -0.15) is 0 Å². The Morgan fingerprint density at radius 1 is 1.00 bits per heavy atom. The van der Waals surface area contributed by atoms with Crippen molar-refractivity contribution in [3.8, 4) is 0 Å². The lowest BCUT2D eigenvalue weighted by Crippen LogP contribution is -2.30. The zero-order chi connectivity index (χ0) is 14.5. The first kappa shape index (κ1) is 14.3. The van der Waals surface area contributed by atoms with Crippen molar-refractivity contribution >= 4 is 0 Å². The molecule has 2 nitrogen and oxygen atoms in total. The zero-order valence-corrected chi connectivity index (χ0v) is 12.5. The highest BCUT2D eigenvalue weighted by Gasteiger charge is 2.24. The molecule has 1 aliphatic carbocycles. The van der Waals surface area contributed by atoms with E-state index in [-0.39, 0.29) is 6.04 Å². The van der Waals surface area contributed by atoms with E-state index in [0.717, 1.165) is 18.8 Å². The Bertz CT molecular complexity index is 561. The first-order valence-electron chi connectivity index (χ1n) is 7.97. The largest absolute Gasteiger partial charge is 0.271 e. The number of rotatable bonds is 6. The number of benzene rings is 2. The third-order valence-electron chi connectivity index (χ3n) is 4.68. The van der Waals surface area contributed by atoms with Crippen molar-refractivity contribution < 1.29 is 0 Å². The maximum Gasteiger partial charge on any atom is 0.0466 e. The molecular formula is C19H24N2. The predicted octanol–water partition coefficient (Wildman–Crippen LogP) is 4.09. The van der Waals surface area contributed by atoms with Gasteiger partial charge in [-0.25, -0.2) is 0 Å². The zero-order valence-electron chi connectivity index (χ0n) is 12.5. The molecule has 1 unspecified atom stereocenters. The molecule has 0 aromatic heterocycles. The molecule has 0 aliphatic heterocycles. The molecule has 3 rings (SSSR count). The van der Waals surface area contributed by atoms with Gasteiger partial charge in [0.15, 0.2) is 0 Å². The Kier molecular flexibility index (Phi) is 4.69. The van der Waals surface area contributed by atoms with Crippen molar-refractivity contribution in [2.75, 3.05) is 0 Å². The van der Waals surface area contributed by atoms with E-state index in [2.05, 4.69) is 60.0 Å². The minimum absolute atomic E-state index is 0.238. The third kappa shape index (κ3) is 3.34. The molecule has 3 N–H and O–H groups in total. The molecule has 2 aromatic rings. The van der Waals surface area contributed by atoms with Gasteiger partial charge in [0, 0.05) is 6.04 Å². The van der Waals surface area contributed by atoms with Crippen LogP contribution in [0, 0.1) is 0 Å². The Morgan fingerprint density at radius 3 is 2.38 bits per heavy atom. The lowest BCUT2D eigenvalue weighted by molar-refractivity contribution is 0.409. The van der Waals surface area contributed by atoms with Crippen LogP contribution >= 0.6 is 0 Å². The van der Waals surface area contributed by atoms with Gasteiger partial charge in [-0.3, -0.25) is 11.3 Å². The maximum atomic E-state index is 5.85. The van der Waals surface area contributed by atoms with Gasteiger partial charge in [0.25, 0.3) is 0 Å². The van der Waals surface area contributed by atoms with Gasteiger partial charge in [-0.15, -0.1) is 0 Å². The molecule has 2 heteroatoms. The van der Waals surface area contributed by atoms with Crippen molar-refractivity contribution in [2.24, 2.45) is 5.84 Å². The quantitative estimate of drug-likeness (QED) is 0.618. The summed E-state index contributed by atoms with van der Waals surface area (Å²) in [4.78, 5) is 0. The topological polar surface area (TPSA) is 38.0 Å². The van der Waals surface area contributed by atoms with Gasteiger partial charge in [0.2, 0.25) is 0 Å². The second-order valence-electron chi connectivity index (χ2n) is 6.00. The molecule has 1 aliphatic rings. The Morgan fingerprint density at radius 2 is 1.71 bits per heavy atom. The molecule has 0 spiro atoms. The minimum Gasteiger partial charge on any atom is -0.271 e. The summed E-state index contributed by atoms with van der Waals surface area (Å²) in [5.74, 6) is 6.59. The predicted molar refractivity (Wildman–Crippen MR) is 87.9 cm³/mol. The van der Waals surface area contributed by atoms with Crippen LogP contribution in [0.1, 0.15) is 54.3 Å². The number of hydrogen-bond acceptors (Lipinski definition) is 2. The fourth-order valence-electron chi connectivity index (χ4n) is 3.20. The lowest BCUT2D eigenvalue weighted by atomic mass is 9.77. The van der Waals surface area contributed by atoms with Gasteiger partial charge < -0.3 is 0 Å². The SMILES string of the molecule is NNC(CCc1ccccc1)c1ccccc1C1CCC1. The Balaban J connectivity index is 1.73. The third-order valence-corrected chi connectivity index (χ3v) is 4.68. The first-order chi connectivity index (χ1) is 10.4. The molecule has 0 amide bonds. The van der Waals surface area contributed by atoms with Crippen molar-refractivity contribution in [1.29, 1.82) is 0 Å². The number of nitrogens with two attached hydrogens (primary N) is 1. The summed E-state index contributed by atoms with van der Waals surface area (Å²) in [6.45, 7) is 0. The van der Waals surface area contributed by atoms with E-state index in [9.17, 15) is 0 Å². The average molecular weight is 280 g/mol. The van der Waals surface area contributed by atoms with Gasteiger partial charge >= 0.3 is 0 Å². The second kappa shape index (κ2) is 6.88. The molecule has 21 heavy (non-hydrogen) atoms. The molecule has 1 atom stereocenters. The van der Waals surface area contributed by atoms with E-state index < -0.39 is 0 Å². The van der Waals surface area contributed by atoms with E-state index in [1.807, 2.05) is 0 Å². The first-order valence-corrected chi connectivity index (χ1v) is 7.97. The summed E-state index contributed by atoms with van der Waals surface area (Å²) in [7, 11) is 0. The van der Waals surface area contributed by atoms with Crippen molar-refractivity contribution in [1.82, 2.24) is 5.43 Å². The van der Waals surface area contributed by atoms with Crippen molar-refractivity contribution in [3.05, 3.63) is 71.3 Å². The molecule has 1 fully saturated rings. The van der Waals surface area contributed by atoms with Crippen molar-refractivity contribution in [2.45, 2.75) is 44.1 Å². The van der Waals surface area contributed by atoms with E-state index >= 15 is 0 Å². The van der Waals surface area contributed by atoms with Crippen LogP contribution in [0.15, 0.2) is 54.6 Å². The molecule has 0 radical (unpaired) electrons. The maximum absolute atomic E-state index is 5.85. The average Bonchev–Trinajstić information content (AvgIpc) is 2.49. The van der Waals surface area contributed by atoms with Gasteiger partial charge in [-0.05, 0) is 48.3 Å². The lowest BCUT2D eigenvalue weighted by Gasteiger charge is -2.30. The number of aryl methyl sites for hydroxylation is 1. The number of hydrazine groups is 1. The summed E-state index contributed by atoms with van der Waals surface area (Å²) in [5, 5.41) is 0. The van der Waals surface area contributed by atoms with Gasteiger partial charge in [0.05, 0.1) is 0 Å². The Hall–Kier alpha value is -1.64. The number of nitrogens with one attached hydrogen (secondary N) is 1. The normalized spacial score (nSPS) is 16.4. The van der Waals surface area contributed by atoms with Crippen LogP contribution < -0.4 is 11.3 Å². The highest BCUT2D eigenvalue weighted by Crippen LogP contribution is 2.39. The van der Waals surface area contributed by atoms with Crippen molar-refractivity contribution in [3.63, 3.8) is 0 Å². The van der Waals surface area contributed by atoms with E-state index in [1.165, 1.54) is 36.0 Å². The standard InChI is InChI=1S/C19H24N2/c20-21-19(14-13-15-7-2-1-3-8-15)18-12-5-4-11-17(18)16-9-6-10-16/h1-5,7-8,11-12,16,19,21H,6,9-10,13-14,20H2. The summed E-state index contributed by atoms with van der Waals surface area (Å²) in [6, 6.07) is 19.7. The van der Waals surface area contributed by atoms with Crippen LogP contribution in [0.25, 0.3) is 0 Å². The van der Waals surface area contributed by atoms with Gasteiger partial charge in [-0.1, -0.05) is 61.0 Å². The van der Waals surface area contributed by atoms with Crippen LogP contribution in [0.4, 0.5) is 0 Å². The van der Waals surface area contributed by atoms with E-state index in [0.29, 0.717) is 0 Å². The molecule has 0 heterocycles. The minimum atomic E-state index is 0.238.